The second kappa shape index (κ2) is 14.4. The van der Waals surface area contributed by atoms with Gasteiger partial charge in [0.05, 0.1) is 33.4 Å². The second-order valence-corrected chi connectivity index (χ2v) is 19.1. The predicted octanol–water partition coefficient (Wildman–Crippen LogP) is 4.85. The number of hydrogen-bond acceptors (Lipinski definition) is 10. The molecule has 0 aromatic heterocycles. The van der Waals surface area contributed by atoms with E-state index in [4.69, 9.17) is 23.3 Å². The van der Waals surface area contributed by atoms with E-state index in [1.165, 1.54) is 0 Å². The third kappa shape index (κ3) is 8.11. The Bertz CT molecular complexity index is 1470. The van der Waals surface area contributed by atoms with Gasteiger partial charge in [0, 0.05) is 23.3 Å². The monoisotopic (exact) mass is 739 g/mol. The van der Waals surface area contributed by atoms with Crippen LogP contribution in [0.1, 0.15) is 86.5 Å². The molecule has 1 heterocycles. The fourth-order valence-corrected chi connectivity index (χ4v) is 10.8. The molecule has 4 aliphatic carbocycles. The van der Waals surface area contributed by atoms with E-state index >= 15 is 0 Å². The van der Waals surface area contributed by atoms with E-state index in [1.54, 1.807) is 32.9 Å². The fourth-order valence-electron chi connectivity index (χ4n) is 9.91. The number of alkyl carbamates (subject to hydrolysis) is 1. The zero-order valence-electron chi connectivity index (χ0n) is 31.8. The molecule has 5 rings (SSSR count). The molecule has 5 aliphatic rings. The Balaban J connectivity index is 1.34. The Morgan fingerprint density at radius 3 is 2.57 bits per heavy atom. The number of ether oxygens (including phenoxy) is 3. The van der Waals surface area contributed by atoms with E-state index in [1.807, 2.05) is 41.1 Å². The lowest BCUT2D eigenvalue weighted by Crippen LogP contribution is -2.63. The van der Waals surface area contributed by atoms with Crippen molar-refractivity contribution in [3.05, 3.63) is 23.8 Å². The van der Waals surface area contributed by atoms with Crippen molar-refractivity contribution in [2.45, 2.75) is 122 Å². The van der Waals surface area contributed by atoms with Crippen LogP contribution in [0, 0.1) is 28.6 Å². The van der Waals surface area contributed by atoms with Gasteiger partial charge >= 0.3 is 13.9 Å². The number of phosphoric acid groups is 1. The summed E-state index contributed by atoms with van der Waals surface area (Å²) in [4.78, 5) is 49.9. The highest BCUT2D eigenvalue weighted by Gasteiger charge is 2.75. The molecule has 4 fully saturated rings. The van der Waals surface area contributed by atoms with E-state index in [9.17, 15) is 28.9 Å². The van der Waals surface area contributed by atoms with Crippen molar-refractivity contribution in [3.8, 4) is 0 Å². The van der Waals surface area contributed by atoms with Crippen molar-refractivity contribution >= 4 is 25.5 Å². The highest BCUT2D eigenvalue weighted by Crippen LogP contribution is 2.70. The maximum Gasteiger partial charge on any atom is 0.473 e. The molecule has 3 saturated carbocycles. The number of aliphatic hydroxyl groups is 1. The Morgan fingerprint density at radius 1 is 1.22 bits per heavy atom. The van der Waals surface area contributed by atoms with E-state index in [-0.39, 0.29) is 42.9 Å². The van der Waals surface area contributed by atoms with Gasteiger partial charge in [-0.05, 0) is 83.3 Å². The average molecular weight is 740 g/mol. The number of likely N-dealkylation sites (N-methyl/N-ethyl adjacent to an activating group) is 1. The molecule has 0 radical (unpaired) electrons. The number of rotatable bonds is 13. The highest BCUT2D eigenvalue weighted by molar-refractivity contribution is 7.47. The molecule has 288 valence electrons. The van der Waals surface area contributed by atoms with Crippen molar-refractivity contribution in [1.82, 2.24) is 5.32 Å². The minimum atomic E-state index is -4.78. The molecule has 14 heteroatoms. The van der Waals surface area contributed by atoms with Gasteiger partial charge in [-0.1, -0.05) is 38.8 Å². The molecule has 13 nitrogen and oxygen atoms in total. The summed E-state index contributed by atoms with van der Waals surface area (Å²) < 4.78 is 43.4. The maximum absolute atomic E-state index is 14.6. The normalized spacial score (nSPS) is 37.7. The summed E-state index contributed by atoms with van der Waals surface area (Å²) in [7, 11) is 0.934. The van der Waals surface area contributed by atoms with Crippen LogP contribution in [0.25, 0.3) is 0 Å². The summed E-state index contributed by atoms with van der Waals surface area (Å²) in [6.07, 6.45) is 5.59. The van der Waals surface area contributed by atoms with Crippen molar-refractivity contribution < 1.29 is 56.7 Å². The van der Waals surface area contributed by atoms with Crippen LogP contribution in [-0.4, -0.2) is 109 Å². The average Bonchev–Trinajstić information content (AvgIpc) is 3.46. The summed E-state index contributed by atoms with van der Waals surface area (Å²) >= 11 is 0. The van der Waals surface area contributed by atoms with Gasteiger partial charge in [-0.15, -0.1) is 0 Å². The van der Waals surface area contributed by atoms with Gasteiger partial charge in [0.2, 0.25) is 0 Å². The first-order valence-corrected chi connectivity index (χ1v) is 19.9. The van der Waals surface area contributed by atoms with Crippen molar-refractivity contribution in [2.75, 3.05) is 40.8 Å². The van der Waals surface area contributed by atoms with Gasteiger partial charge in [-0.2, -0.15) is 0 Å². The lowest BCUT2D eigenvalue weighted by molar-refractivity contribution is -0.873. The van der Waals surface area contributed by atoms with E-state index < -0.39 is 72.9 Å². The van der Waals surface area contributed by atoms with Crippen LogP contribution in [0.15, 0.2) is 23.8 Å². The van der Waals surface area contributed by atoms with Gasteiger partial charge in [0.25, 0.3) is 0 Å². The fraction of sp³-hybridized carbons (Fsp3) is 0.811. The number of quaternary nitrogens is 1. The minimum absolute atomic E-state index is 0.0321. The zero-order chi connectivity index (χ0) is 37.8. The number of carbonyl (C=O) groups is 3. The topological polar surface area (TPSA) is 167 Å². The second-order valence-electron chi connectivity index (χ2n) is 17.7. The standard InChI is InChI=1S/C37H59N2O11P/c1-10-11-31-47-30-19-27-26-13-12-23-18-24(40)14-16-35(23,5)32(26)28(41)20-36(27,6)37(30,48-31)29(42)22-46-51(44,45)50-25(21-39(7,8)9)15-17-38-33(43)49-34(2,3)4/h14,16,18,25-28,30-32,41H,10-13,15,17,19-22H2,1-9H3,(H-,38,43,44,45)/p+1/t25?,26-,27-,28-,30+,31?,32+,35-,36-,37+/m0/s1. The summed E-state index contributed by atoms with van der Waals surface area (Å²) in [5, 5.41) is 14.6. The lowest BCUT2D eigenvalue weighted by atomic mass is 9.46. The van der Waals surface area contributed by atoms with Crippen molar-refractivity contribution in [2.24, 2.45) is 28.6 Å². The molecule has 11 atom stereocenters. The molecule has 0 spiro atoms. The first-order valence-electron chi connectivity index (χ1n) is 18.5. The lowest BCUT2D eigenvalue weighted by Gasteiger charge is -2.59. The van der Waals surface area contributed by atoms with Crippen LogP contribution >= 0.6 is 7.82 Å². The van der Waals surface area contributed by atoms with Crippen LogP contribution in [0.5, 0.6) is 0 Å². The molecule has 51 heavy (non-hydrogen) atoms. The molecule has 3 unspecified atom stereocenters. The largest absolute Gasteiger partial charge is 0.473 e. The van der Waals surface area contributed by atoms with Crippen LogP contribution in [0.2, 0.25) is 0 Å². The van der Waals surface area contributed by atoms with E-state index in [0.717, 1.165) is 18.4 Å². The van der Waals surface area contributed by atoms with Crippen LogP contribution < -0.4 is 5.32 Å². The van der Waals surface area contributed by atoms with Gasteiger partial charge in [0.15, 0.2) is 23.5 Å². The molecular weight excluding hydrogens is 679 g/mol. The molecule has 1 saturated heterocycles. The molecule has 0 bridgehead atoms. The predicted molar refractivity (Wildman–Crippen MR) is 188 cm³/mol. The number of aliphatic hydroxyl groups excluding tert-OH is 1. The highest BCUT2D eigenvalue weighted by atomic mass is 31.2. The SMILES string of the molecule is CCCC1O[C@@H]2C[C@H]3[C@@H]4CCC5=CC(=O)C=C[C@]5(C)[C@H]4[C@@H](O)C[C@]3(C)[C@]2(C(=O)COP(=O)(O)OC(CCNC(=O)OC(C)(C)C)C[N+](C)(C)C)O1. The quantitative estimate of drug-likeness (QED) is 0.175. The number of phosphoric ester groups is 1. The summed E-state index contributed by atoms with van der Waals surface area (Å²) in [5.41, 5.74) is -2.47. The maximum atomic E-state index is 14.6. The molecule has 3 N–H and O–H groups in total. The van der Waals surface area contributed by atoms with Crippen LogP contribution in [0.3, 0.4) is 0 Å². The molecule has 0 aromatic rings. The number of nitrogens with one attached hydrogen (secondary N) is 1. The number of amides is 1. The van der Waals surface area contributed by atoms with Crippen molar-refractivity contribution in [1.29, 1.82) is 0 Å². The van der Waals surface area contributed by atoms with Crippen LogP contribution in [0.4, 0.5) is 4.79 Å². The number of allylic oxidation sites excluding steroid dienone is 4. The Labute approximate surface area is 302 Å². The first-order chi connectivity index (χ1) is 23.5. The summed E-state index contributed by atoms with van der Waals surface area (Å²) in [6.45, 7) is 11.0. The number of fused-ring (bicyclic) bond motifs is 7. The Kier molecular flexibility index (Phi) is 11.3. The molecule has 0 aromatic carbocycles. The number of Topliss-reactive ketones (excluding diaryl/α,β-unsaturated/α-hetero) is 1. The van der Waals surface area contributed by atoms with Crippen molar-refractivity contribution in [3.63, 3.8) is 0 Å². The smallest absolute Gasteiger partial charge is 0.444 e. The van der Waals surface area contributed by atoms with Gasteiger partial charge < -0.3 is 34.0 Å². The summed E-state index contributed by atoms with van der Waals surface area (Å²) in [5.74, 6) is -0.714. The third-order valence-electron chi connectivity index (χ3n) is 11.8. The zero-order valence-corrected chi connectivity index (χ0v) is 32.7. The number of nitrogens with zero attached hydrogens (tertiary/aromatic N) is 1. The Morgan fingerprint density at radius 2 is 1.92 bits per heavy atom. The molecule has 1 aliphatic heterocycles. The molecular formula is C37H60N2O11P+. The van der Waals surface area contributed by atoms with Gasteiger partial charge in [-0.3, -0.25) is 18.6 Å². The molecule has 1 amide bonds. The number of ketones is 2. The minimum Gasteiger partial charge on any atom is -0.444 e. The first kappa shape index (κ1) is 40.2. The number of carbonyl (C=O) groups excluding carboxylic acids is 3. The third-order valence-corrected chi connectivity index (χ3v) is 12.8. The van der Waals surface area contributed by atoms with Gasteiger partial charge in [0.1, 0.15) is 24.9 Å². The van der Waals surface area contributed by atoms with E-state index in [0.29, 0.717) is 30.3 Å². The van der Waals surface area contributed by atoms with E-state index in [2.05, 4.69) is 12.2 Å². The number of hydrogen-bond donors (Lipinski definition) is 3. The van der Waals surface area contributed by atoms with Crippen LogP contribution in [-0.2, 0) is 37.4 Å². The summed E-state index contributed by atoms with van der Waals surface area (Å²) in [6, 6.07) is 0. The Hall–Kier alpha value is -1.96. The van der Waals surface area contributed by atoms with Gasteiger partial charge in [-0.25, -0.2) is 9.36 Å².